The van der Waals surface area contributed by atoms with Crippen LogP contribution in [0.1, 0.15) is 51.9 Å². The molecular formula is C16H26N2O2S. The number of thioether (sulfide) groups is 1. The van der Waals surface area contributed by atoms with Crippen LogP contribution >= 0.6 is 11.8 Å². The zero-order valence-electron chi connectivity index (χ0n) is 12.9. The lowest BCUT2D eigenvalue weighted by molar-refractivity contribution is -0.157. The SMILES string of the molecule is CCSCCN1C(=O)C2(CCCCC2)NC(=O)C1C1CC1. The van der Waals surface area contributed by atoms with E-state index in [4.69, 9.17) is 0 Å². The predicted molar refractivity (Wildman–Crippen MR) is 85.2 cm³/mol. The summed E-state index contributed by atoms with van der Waals surface area (Å²) in [7, 11) is 0. The Hall–Kier alpha value is -0.710. The zero-order valence-corrected chi connectivity index (χ0v) is 13.7. The number of nitrogens with zero attached hydrogens (tertiary/aromatic N) is 1. The minimum Gasteiger partial charge on any atom is -0.340 e. The van der Waals surface area contributed by atoms with Gasteiger partial charge >= 0.3 is 0 Å². The molecule has 2 amide bonds. The molecule has 2 saturated carbocycles. The van der Waals surface area contributed by atoms with E-state index in [1.165, 1.54) is 6.42 Å². The normalized spacial score (nSPS) is 28.8. The molecule has 1 saturated heterocycles. The second kappa shape index (κ2) is 6.19. The van der Waals surface area contributed by atoms with Gasteiger partial charge in [-0.15, -0.1) is 0 Å². The minimum atomic E-state index is -0.572. The third-order valence-electron chi connectivity index (χ3n) is 5.09. The van der Waals surface area contributed by atoms with Crippen LogP contribution in [0, 0.1) is 5.92 Å². The van der Waals surface area contributed by atoms with Crippen molar-refractivity contribution in [2.24, 2.45) is 5.92 Å². The van der Waals surface area contributed by atoms with Crippen molar-refractivity contribution in [3.05, 3.63) is 0 Å². The van der Waals surface area contributed by atoms with Crippen molar-refractivity contribution in [2.75, 3.05) is 18.1 Å². The Balaban J connectivity index is 1.79. The van der Waals surface area contributed by atoms with Gasteiger partial charge in [-0.1, -0.05) is 26.2 Å². The van der Waals surface area contributed by atoms with E-state index in [0.717, 1.165) is 56.6 Å². The van der Waals surface area contributed by atoms with Gasteiger partial charge in [0, 0.05) is 12.3 Å². The largest absolute Gasteiger partial charge is 0.340 e. The van der Waals surface area contributed by atoms with Crippen LogP contribution in [-0.2, 0) is 9.59 Å². The molecule has 1 atom stereocenters. The van der Waals surface area contributed by atoms with Gasteiger partial charge in [-0.3, -0.25) is 9.59 Å². The molecule has 1 heterocycles. The lowest BCUT2D eigenvalue weighted by Gasteiger charge is -2.48. The van der Waals surface area contributed by atoms with Crippen LogP contribution in [0.4, 0.5) is 0 Å². The molecule has 0 aromatic rings. The molecule has 0 aromatic carbocycles. The molecule has 118 valence electrons. The minimum absolute atomic E-state index is 0.112. The highest BCUT2D eigenvalue weighted by atomic mass is 32.2. The average molecular weight is 310 g/mol. The summed E-state index contributed by atoms with van der Waals surface area (Å²) in [5, 5.41) is 3.14. The van der Waals surface area contributed by atoms with E-state index in [1.807, 2.05) is 16.7 Å². The summed E-state index contributed by atoms with van der Waals surface area (Å²) in [5.74, 6) is 2.72. The van der Waals surface area contributed by atoms with Gasteiger partial charge in [0.2, 0.25) is 11.8 Å². The second-order valence-corrected chi connectivity index (χ2v) is 8.00. The highest BCUT2D eigenvalue weighted by Gasteiger charge is 2.54. The maximum absolute atomic E-state index is 13.1. The molecule has 2 aliphatic carbocycles. The van der Waals surface area contributed by atoms with Crippen molar-refractivity contribution in [3.63, 3.8) is 0 Å². The Morgan fingerprint density at radius 1 is 1.24 bits per heavy atom. The average Bonchev–Trinajstić information content (AvgIpc) is 3.30. The van der Waals surface area contributed by atoms with E-state index >= 15 is 0 Å². The first kappa shape index (κ1) is 15.2. The summed E-state index contributed by atoms with van der Waals surface area (Å²) in [6.07, 6.45) is 7.13. The smallest absolute Gasteiger partial charge is 0.249 e. The van der Waals surface area contributed by atoms with Crippen LogP contribution in [0.2, 0.25) is 0 Å². The molecule has 1 spiro atoms. The second-order valence-electron chi connectivity index (χ2n) is 6.61. The van der Waals surface area contributed by atoms with E-state index in [9.17, 15) is 9.59 Å². The van der Waals surface area contributed by atoms with Gasteiger partial charge in [0.15, 0.2) is 0 Å². The van der Waals surface area contributed by atoms with Gasteiger partial charge in [0.25, 0.3) is 0 Å². The molecule has 21 heavy (non-hydrogen) atoms. The number of nitrogens with one attached hydrogen (secondary N) is 1. The van der Waals surface area contributed by atoms with Crippen LogP contribution in [0.3, 0.4) is 0 Å². The van der Waals surface area contributed by atoms with Crippen LogP contribution in [-0.4, -0.2) is 46.3 Å². The highest BCUT2D eigenvalue weighted by Crippen LogP contribution is 2.41. The molecule has 1 unspecified atom stereocenters. The molecule has 0 radical (unpaired) electrons. The third kappa shape index (κ3) is 2.94. The number of carbonyl (C=O) groups is 2. The number of rotatable bonds is 5. The molecule has 5 heteroatoms. The maximum atomic E-state index is 13.1. The highest BCUT2D eigenvalue weighted by molar-refractivity contribution is 7.99. The summed E-state index contributed by atoms with van der Waals surface area (Å²) in [5.41, 5.74) is -0.572. The monoisotopic (exact) mass is 310 g/mol. The Morgan fingerprint density at radius 3 is 2.57 bits per heavy atom. The first-order valence-electron chi connectivity index (χ1n) is 8.39. The Kier molecular flexibility index (Phi) is 4.48. The molecule has 3 aliphatic rings. The molecule has 0 bridgehead atoms. The van der Waals surface area contributed by atoms with E-state index in [-0.39, 0.29) is 17.9 Å². The number of carbonyl (C=O) groups excluding carboxylic acids is 2. The van der Waals surface area contributed by atoms with Gasteiger partial charge in [-0.05, 0) is 37.4 Å². The van der Waals surface area contributed by atoms with Crippen molar-refractivity contribution in [2.45, 2.75) is 63.5 Å². The van der Waals surface area contributed by atoms with E-state index < -0.39 is 5.54 Å². The van der Waals surface area contributed by atoms with E-state index in [2.05, 4.69) is 12.2 Å². The van der Waals surface area contributed by atoms with Crippen molar-refractivity contribution in [1.29, 1.82) is 0 Å². The first-order valence-corrected chi connectivity index (χ1v) is 9.54. The van der Waals surface area contributed by atoms with Gasteiger partial charge in [-0.25, -0.2) is 0 Å². The fourth-order valence-electron chi connectivity index (χ4n) is 3.83. The molecule has 3 rings (SSSR count). The lowest BCUT2D eigenvalue weighted by atomic mass is 9.78. The lowest BCUT2D eigenvalue weighted by Crippen LogP contribution is -2.71. The van der Waals surface area contributed by atoms with Crippen LogP contribution in [0.5, 0.6) is 0 Å². The fraction of sp³-hybridized carbons (Fsp3) is 0.875. The Labute approximate surface area is 131 Å². The van der Waals surface area contributed by atoms with Gasteiger partial charge in [-0.2, -0.15) is 11.8 Å². The summed E-state index contributed by atoms with van der Waals surface area (Å²) in [6, 6.07) is -0.192. The Bertz CT molecular complexity index is 417. The molecule has 3 fully saturated rings. The molecule has 1 aliphatic heterocycles. The summed E-state index contributed by atoms with van der Waals surface area (Å²) >= 11 is 1.85. The quantitative estimate of drug-likeness (QED) is 0.792. The van der Waals surface area contributed by atoms with Crippen molar-refractivity contribution >= 4 is 23.6 Å². The predicted octanol–water partition coefficient (Wildman–Crippen LogP) is 2.18. The van der Waals surface area contributed by atoms with Crippen LogP contribution in [0.15, 0.2) is 0 Å². The number of piperazine rings is 1. The van der Waals surface area contributed by atoms with E-state index in [0.29, 0.717) is 5.92 Å². The summed E-state index contributed by atoms with van der Waals surface area (Å²) in [6.45, 7) is 2.87. The zero-order chi connectivity index (χ0) is 14.9. The Morgan fingerprint density at radius 2 is 1.95 bits per heavy atom. The fourth-order valence-corrected chi connectivity index (χ4v) is 4.44. The molecular weight excluding hydrogens is 284 g/mol. The standard InChI is InChI=1S/C16H26N2O2S/c1-2-21-11-10-18-13(12-6-7-12)14(19)17-16(15(18)20)8-4-3-5-9-16/h12-13H,2-11H2,1H3,(H,17,19). The van der Waals surface area contributed by atoms with Gasteiger partial charge < -0.3 is 10.2 Å². The summed E-state index contributed by atoms with van der Waals surface area (Å²) in [4.78, 5) is 27.6. The third-order valence-corrected chi connectivity index (χ3v) is 5.97. The molecule has 1 N–H and O–H groups in total. The maximum Gasteiger partial charge on any atom is 0.249 e. The first-order chi connectivity index (χ1) is 10.2. The van der Waals surface area contributed by atoms with Crippen molar-refractivity contribution in [1.82, 2.24) is 10.2 Å². The van der Waals surface area contributed by atoms with E-state index in [1.54, 1.807) is 0 Å². The number of hydrogen-bond acceptors (Lipinski definition) is 3. The number of hydrogen-bond donors (Lipinski definition) is 1. The topological polar surface area (TPSA) is 49.4 Å². The van der Waals surface area contributed by atoms with Gasteiger partial charge in [0.05, 0.1) is 0 Å². The van der Waals surface area contributed by atoms with Crippen molar-refractivity contribution in [3.8, 4) is 0 Å². The van der Waals surface area contributed by atoms with Crippen molar-refractivity contribution < 1.29 is 9.59 Å². The molecule has 0 aromatic heterocycles. The van der Waals surface area contributed by atoms with Crippen LogP contribution in [0.25, 0.3) is 0 Å². The van der Waals surface area contributed by atoms with Crippen LogP contribution < -0.4 is 5.32 Å². The molecule has 4 nitrogen and oxygen atoms in total. The summed E-state index contributed by atoms with van der Waals surface area (Å²) < 4.78 is 0. The van der Waals surface area contributed by atoms with Gasteiger partial charge in [0.1, 0.15) is 11.6 Å². The number of amides is 2.